The number of benzene rings is 1. The number of rotatable bonds is 3. The smallest absolute Gasteiger partial charge is 0.254 e. The predicted molar refractivity (Wildman–Crippen MR) is 99.2 cm³/mol. The Hall–Kier alpha value is -1.63. The number of nitrogens with zero attached hydrogens (tertiary/aromatic N) is 1. The lowest BCUT2D eigenvalue weighted by Crippen LogP contribution is -2.40. The van der Waals surface area contributed by atoms with Gasteiger partial charge >= 0.3 is 0 Å². The number of carbonyl (C=O) groups is 2. The lowest BCUT2D eigenvalue weighted by atomic mass is 9.92. The molecular formula is C18H26ClN3O3. The van der Waals surface area contributed by atoms with E-state index in [0.717, 1.165) is 25.1 Å². The maximum absolute atomic E-state index is 12.4. The molecule has 25 heavy (non-hydrogen) atoms. The van der Waals surface area contributed by atoms with Crippen molar-refractivity contribution < 1.29 is 14.3 Å². The van der Waals surface area contributed by atoms with Gasteiger partial charge in [0.25, 0.3) is 5.91 Å². The minimum absolute atomic E-state index is 0. The zero-order valence-electron chi connectivity index (χ0n) is 14.5. The van der Waals surface area contributed by atoms with Crippen molar-refractivity contribution in [3.63, 3.8) is 0 Å². The number of piperidine rings is 1. The summed E-state index contributed by atoms with van der Waals surface area (Å²) in [7, 11) is 0. The number of hydrogen-bond acceptors (Lipinski definition) is 4. The van der Waals surface area contributed by atoms with Gasteiger partial charge in [0.1, 0.15) is 0 Å². The van der Waals surface area contributed by atoms with Gasteiger partial charge in [-0.2, -0.15) is 0 Å². The molecular weight excluding hydrogens is 342 g/mol. The summed E-state index contributed by atoms with van der Waals surface area (Å²) in [6.45, 7) is 5.43. The third-order valence-corrected chi connectivity index (χ3v) is 4.69. The molecule has 0 radical (unpaired) electrons. The van der Waals surface area contributed by atoms with Gasteiger partial charge in [-0.3, -0.25) is 9.59 Å². The number of halogens is 1. The van der Waals surface area contributed by atoms with E-state index in [0.29, 0.717) is 37.9 Å². The van der Waals surface area contributed by atoms with Crippen molar-refractivity contribution >= 4 is 29.9 Å². The molecule has 2 atom stereocenters. The number of amides is 2. The van der Waals surface area contributed by atoms with Crippen LogP contribution in [-0.2, 0) is 9.53 Å². The van der Waals surface area contributed by atoms with E-state index in [2.05, 4.69) is 17.6 Å². The lowest BCUT2D eigenvalue weighted by molar-refractivity contribution is -0.120. The van der Waals surface area contributed by atoms with E-state index in [1.54, 1.807) is 29.2 Å². The van der Waals surface area contributed by atoms with Gasteiger partial charge in [0.15, 0.2) is 0 Å². The van der Waals surface area contributed by atoms with Crippen LogP contribution in [0.5, 0.6) is 0 Å². The highest BCUT2D eigenvalue weighted by Crippen LogP contribution is 2.19. The van der Waals surface area contributed by atoms with E-state index in [1.807, 2.05) is 0 Å². The predicted octanol–water partition coefficient (Wildman–Crippen LogP) is 1.91. The normalized spacial score (nSPS) is 23.5. The Morgan fingerprint density at radius 3 is 2.52 bits per heavy atom. The van der Waals surface area contributed by atoms with Gasteiger partial charge < -0.3 is 20.3 Å². The van der Waals surface area contributed by atoms with Crippen molar-refractivity contribution in [1.29, 1.82) is 0 Å². The largest absolute Gasteiger partial charge is 0.378 e. The molecule has 0 bridgehead atoms. The summed E-state index contributed by atoms with van der Waals surface area (Å²) < 4.78 is 5.27. The molecule has 6 nitrogen and oxygen atoms in total. The number of carbonyl (C=O) groups excluding carboxylic acids is 2. The van der Waals surface area contributed by atoms with Gasteiger partial charge in [-0.15, -0.1) is 12.4 Å². The van der Waals surface area contributed by atoms with E-state index in [-0.39, 0.29) is 30.1 Å². The van der Waals surface area contributed by atoms with Crippen molar-refractivity contribution in [3.8, 4) is 0 Å². The van der Waals surface area contributed by atoms with Crippen LogP contribution in [0, 0.1) is 5.92 Å². The van der Waals surface area contributed by atoms with Crippen LogP contribution in [0.3, 0.4) is 0 Å². The zero-order valence-corrected chi connectivity index (χ0v) is 15.3. The summed E-state index contributed by atoms with van der Waals surface area (Å²) in [6, 6.07) is 7.53. The first-order valence-corrected chi connectivity index (χ1v) is 8.65. The summed E-state index contributed by atoms with van der Waals surface area (Å²) in [6.07, 6.45) is 1.73. The molecule has 2 aliphatic heterocycles. The van der Waals surface area contributed by atoms with Crippen LogP contribution >= 0.6 is 12.4 Å². The Balaban J connectivity index is 0.00000225. The topological polar surface area (TPSA) is 70.7 Å². The summed E-state index contributed by atoms with van der Waals surface area (Å²) in [5.74, 6) is 0.134. The molecule has 2 saturated heterocycles. The van der Waals surface area contributed by atoms with Gasteiger partial charge in [-0.1, -0.05) is 0 Å². The molecule has 2 aliphatic rings. The molecule has 2 fully saturated rings. The zero-order chi connectivity index (χ0) is 16.9. The van der Waals surface area contributed by atoms with Crippen LogP contribution in [0.15, 0.2) is 24.3 Å². The molecule has 0 unspecified atom stereocenters. The van der Waals surface area contributed by atoms with Gasteiger partial charge in [0.2, 0.25) is 5.91 Å². The van der Waals surface area contributed by atoms with Gasteiger partial charge in [0.05, 0.1) is 13.2 Å². The number of nitrogens with one attached hydrogen (secondary N) is 2. The molecule has 0 spiro atoms. The fourth-order valence-electron chi connectivity index (χ4n) is 3.26. The molecule has 2 N–H and O–H groups in total. The summed E-state index contributed by atoms with van der Waals surface area (Å²) in [4.78, 5) is 26.5. The third-order valence-electron chi connectivity index (χ3n) is 4.69. The minimum Gasteiger partial charge on any atom is -0.378 e. The first-order valence-electron chi connectivity index (χ1n) is 8.65. The third kappa shape index (κ3) is 5.17. The molecule has 2 amide bonds. The minimum atomic E-state index is 0. The average molecular weight is 368 g/mol. The van der Waals surface area contributed by atoms with Crippen LogP contribution in [0.1, 0.15) is 30.1 Å². The second-order valence-electron chi connectivity index (χ2n) is 6.55. The molecule has 0 saturated carbocycles. The summed E-state index contributed by atoms with van der Waals surface area (Å²) in [5.41, 5.74) is 1.38. The van der Waals surface area contributed by atoms with E-state index in [9.17, 15) is 9.59 Å². The van der Waals surface area contributed by atoms with Crippen LogP contribution in [0.4, 0.5) is 5.69 Å². The van der Waals surface area contributed by atoms with Crippen molar-refractivity contribution in [2.75, 3.05) is 38.2 Å². The Morgan fingerprint density at radius 2 is 1.88 bits per heavy atom. The van der Waals surface area contributed by atoms with Crippen molar-refractivity contribution in [2.24, 2.45) is 5.92 Å². The second kappa shape index (κ2) is 9.17. The highest BCUT2D eigenvalue weighted by Gasteiger charge is 2.25. The first-order chi connectivity index (χ1) is 11.6. The van der Waals surface area contributed by atoms with E-state index < -0.39 is 0 Å². The monoisotopic (exact) mass is 367 g/mol. The quantitative estimate of drug-likeness (QED) is 0.856. The maximum atomic E-state index is 12.4. The SMILES string of the molecule is C[C@H]1C[C@@H](C(=O)Nc2ccc(C(=O)N3CCOCC3)cc2)CCN1.Cl. The maximum Gasteiger partial charge on any atom is 0.254 e. The fraction of sp³-hybridized carbons (Fsp3) is 0.556. The molecule has 1 aromatic carbocycles. The fourth-order valence-corrected chi connectivity index (χ4v) is 3.26. The summed E-state index contributed by atoms with van der Waals surface area (Å²) in [5, 5.41) is 6.32. The number of hydrogen-bond donors (Lipinski definition) is 2. The van der Waals surface area contributed by atoms with Crippen LogP contribution in [-0.4, -0.2) is 55.6 Å². The number of anilines is 1. The van der Waals surface area contributed by atoms with Crippen LogP contribution in [0.2, 0.25) is 0 Å². The number of ether oxygens (including phenoxy) is 1. The standard InChI is InChI=1S/C18H25N3O3.ClH/c1-13-12-15(6-7-19-13)17(22)20-16-4-2-14(3-5-16)18(23)21-8-10-24-11-9-21;/h2-5,13,15,19H,6-12H2,1H3,(H,20,22);1H/t13-,15-;/m0./s1. The van der Waals surface area contributed by atoms with Crippen LogP contribution in [0.25, 0.3) is 0 Å². The van der Waals surface area contributed by atoms with E-state index >= 15 is 0 Å². The Labute approximate surface area is 154 Å². The Bertz CT molecular complexity index is 588. The van der Waals surface area contributed by atoms with Gasteiger partial charge in [0, 0.05) is 36.3 Å². The van der Waals surface area contributed by atoms with Crippen molar-refractivity contribution in [3.05, 3.63) is 29.8 Å². The summed E-state index contributed by atoms with van der Waals surface area (Å²) >= 11 is 0. The lowest BCUT2D eigenvalue weighted by Gasteiger charge is -2.27. The van der Waals surface area contributed by atoms with Crippen molar-refractivity contribution in [2.45, 2.75) is 25.8 Å². The number of morpholine rings is 1. The van der Waals surface area contributed by atoms with Gasteiger partial charge in [-0.25, -0.2) is 0 Å². The molecule has 2 heterocycles. The molecule has 7 heteroatoms. The van der Waals surface area contributed by atoms with E-state index in [4.69, 9.17) is 4.74 Å². The first kappa shape index (κ1) is 19.7. The van der Waals surface area contributed by atoms with Crippen LogP contribution < -0.4 is 10.6 Å². The molecule has 0 aliphatic carbocycles. The molecule has 1 aromatic rings. The molecule has 3 rings (SSSR count). The van der Waals surface area contributed by atoms with Gasteiger partial charge in [-0.05, 0) is 50.6 Å². The Kier molecular flexibility index (Phi) is 7.23. The van der Waals surface area contributed by atoms with Crippen molar-refractivity contribution in [1.82, 2.24) is 10.2 Å². The highest BCUT2D eigenvalue weighted by molar-refractivity contribution is 5.96. The Morgan fingerprint density at radius 1 is 1.20 bits per heavy atom. The molecule has 0 aromatic heterocycles. The molecule has 138 valence electrons. The second-order valence-corrected chi connectivity index (χ2v) is 6.55. The highest BCUT2D eigenvalue weighted by atomic mass is 35.5. The average Bonchev–Trinajstić information content (AvgIpc) is 2.62. The van der Waals surface area contributed by atoms with E-state index in [1.165, 1.54) is 0 Å².